The average molecular weight is 584 g/mol. The maximum absolute atomic E-state index is 16.9. The summed E-state index contributed by atoms with van der Waals surface area (Å²) in [5.41, 5.74) is -2.35. The van der Waals surface area contributed by atoms with Crippen molar-refractivity contribution in [1.29, 1.82) is 0 Å². The molecular weight excluding hydrogens is 559 g/mol. The second-order valence-electron chi connectivity index (χ2n) is 10.7. The number of hydrogen-bond acceptors (Lipinski definition) is 7. The molecule has 1 saturated carbocycles. The molecule has 1 unspecified atom stereocenters. The van der Waals surface area contributed by atoms with Gasteiger partial charge in [-0.3, -0.25) is 14.5 Å². The Balaban J connectivity index is 1.65. The molecule has 0 radical (unpaired) electrons. The first-order chi connectivity index (χ1) is 19.6. The Morgan fingerprint density at radius 3 is 2.51 bits per heavy atom. The molecule has 41 heavy (non-hydrogen) atoms. The van der Waals surface area contributed by atoms with Gasteiger partial charge in [0, 0.05) is 24.5 Å². The van der Waals surface area contributed by atoms with E-state index >= 15 is 4.39 Å². The van der Waals surface area contributed by atoms with Crippen molar-refractivity contribution in [3.05, 3.63) is 75.3 Å². The normalized spacial score (nSPS) is 19.0. The molecule has 1 fully saturated rings. The molecule has 5 aromatic rings. The van der Waals surface area contributed by atoms with Crippen LogP contribution >= 0.6 is 11.6 Å². The van der Waals surface area contributed by atoms with Crippen molar-refractivity contribution in [3.8, 4) is 22.9 Å². The van der Waals surface area contributed by atoms with E-state index in [1.54, 1.807) is 10.6 Å². The van der Waals surface area contributed by atoms with Crippen LogP contribution in [0.15, 0.2) is 46.0 Å². The molecule has 1 N–H and O–H groups in total. The van der Waals surface area contributed by atoms with Crippen LogP contribution in [0.4, 0.5) is 13.2 Å². The summed E-state index contributed by atoms with van der Waals surface area (Å²) in [6, 6.07) is 4.81. The van der Waals surface area contributed by atoms with Crippen LogP contribution in [0.25, 0.3) is 34.1 Å². The second-order valence-corrected chi connectivity index (χ2v) is 11.1. The van der Waals surface area contributed by atoms with Crippen LogP contribution in [0.5, 0.6) is 0 Å². The van der Waals surface area contributed by atoms with Crippen LogP contribution in [0.3, 0.4) is 0 Å². The van der Waals surface area contributed by atoms with E-state index in [1.807, 2.05) is 0 Å². The highest BCUT2D eigenvalue weighted by molar-refractivity contribution is 6.30. The lowest BCUT2D eigenvalue weighted by molar-refractivity contribution is 0.202. The van der Waals surface area contributed by atoms with E-state index in [0.29, 0.717) is 28.6 Å². The molecule has 6 rings (SSSR count). The van der Waals surface area contributed by atoms with Crippen molar-refractivity contribution in [1.82, 2.24) is 34.6 Å². The summed E-state index contributed by atoms with van der Waals surface area (Å²) in [5.74, 6) is -2.52. The van der Waals surface area contributed by atoms with E-state index in [1.165, 1.54) is 18.5 Å². The van der Waals surface area contributed by atoms with E-state index < -0.39 is 28.6 Å². The van der Waals surface area contributed by atoms with E-state index in [4.69, 9.17) is 11.6 Å². The minimum atomic E-state index is -2.69. The molecule has 1 atom stereocenters. The number of halogens is 4. The number of pyridine rings is 1. The molecule has 4 aromatic heterocycles. The number of imidazole rings is 1. The summed E-state index contributed by atoms with van der Waals surface area (Å²) in [7, 11) is 0. The zero-order chi connectivity index (χ0) is 28.9. The zero-order valence-electron chi connectivity index (χ0n) is 22.2. The summed E-state index contributed by atoms with van der Waals surface area (Å²) in [5, 5.41) is 4.00. The van der Waals surface area contributed by atoms with Crippen molar-refractivity contribution >= 4 is 22.8 Å². The average Bonchev–Trinajstić information content (AvgIpc) is 3.53. The van der Waals surface area contributed by atoms with Gasteiger partial charge in [-0.25, -0.2) is 32.9 Å². The highest BCUT2D eigenvalue weighted by atomic mass is 35.5. The molecule has 0 aliphatic heterocycles. The van der Waals surface area contributed by atoms with Crippen LogP contribution in [-0.4, -0.2) is 34.6 Å². The fourth-order valence-electron chi connectivity index (χ4n) is 5.57. The van der Waals surface area contributed by atoms with Crippen LogP contribution in [0, 0.1) is 23.5 Å². The van der Waals surface area contributed by atoms with Crippen LogP contribution in [0.2, 0.25) is 5.02 Å². The predicted octanol–water partition coefficient (Wildman–Crippen LogP) is 6.22. The zero-order valence-corrected chi connectivity index (χ0v) is 22.9. The summed E-state index contributed by atoms with van der Waals surface area (Å²) < 4.78 is 53.1. The predicted molar refractivity (Wildman–Crippen MR) is 145 cm³/mol. The third-order valence-electron chi connectivity index (χ3n) is 7.66. The van der Waals surface area contributed by atoms with Gasteiger partial charge in [0.2, 0.25) is 11.6 Å². The highest BCUT2D eigenvalue weighted by Crippen LogP contribution is 2.41. The number of benzene rings is 1. The lowest BCUT2D eigenvalue weighted by atomic mass is 9.83. The number of aromatic nitrogens is 7. The lowest BCUT2D eigenvalue weighted by Crippen LogP contribution is -2.28. The van der Waals surface area contributed by atoms with Gasteiger partial charge in [0.15, 0.2) is 17.1 Å². The van der Waals surface area contributed by atoms with Crippen molar-refractivity contribution in [3.63, 3.8) is 0 Å². The standard InChI is InChI=1S/C28H25ClF3N7O2/c1-14-6-8-15(9-7-14)13-39-22-21(16-10-17(29)12-33-11-16)34-24(25-37-27(40)41-38-25)35-23(22)36-26(39)28(2,32)20-18(30)4-3-5-19(20)31/h3-5,10-12,14-15H,6-9,13H2,1-2H3,(H,37,38,40)/t14-,15-,28?. The minimum Gasteiger partial charge on any atom is -0.322 e. The van der Waals surface area contributed by atoms with Gasteiger partial charge in [-0.2, -0.15) is 0 Å². The Kier molecular flexibility index (Phi) is 6.88. The Labute approximate surface area is 236 Å². The third kappa shape index (κ3) is 5.01. The number of fused-ring (bicyclic) bond motifs is 1. The number of aromatic amines is 1. The first kappa shape index (κ1) is 27.1. The molecule has 212 valence electrons. The molecule has 0 amide bonds. The first-order valence-corrected chi connectivity index (χ1v) is 13.6. The first-order valence-electron chi connectivity index (χ1n) is 13.2. The van der Waals surface area contributed by atoms with Gasteiger partial charge >= 0.3 is 5.76 Å². The molecule has 1 aliphatic rings. The second kappa shape index (κ2) is 10.4. The Bertz CT molecular complexity index is 1790. The molecular formula is C28H25ClF3N7O2. The minimum absolute atomic E-state index is 0.0358. The summed E-state index contributed by atoms with van der Waals surface area (Å²) in [6.45, 7) is 3.60. The number of nitrogens with one attached hydrogen (secondary N) is 1. The van der Waals surface area contributed by atoms with E-state index in [-0.39, 0.29) is 34.7 Å². The van der Waals surface area contributed by atoms with Gasteiger partial charge in [0.25, 0.3) is 0 Å². The van der Waals surface area contributed by atoms with Crippen molar-refractivity contribution in [2.24, 2.45) is 11.8 Å². The maximum Gasteiger partial charge on any atom is 0.439 e. The summed E-state index contributed by atoms with van der Waals surface area (Å²) in [6.07, 6.45) is 6.77. The highest BCUT2D eigenvalue weighted by Gasteiger charge is 2.41. The van der Waals surface area contributed by atoms with Gasteiger partial charge < -0.3 is 4.57 Å². The monoisotopic (exact) mass is 583 g/mol. The molecule has 1 aromatic carbocycles. The molecule has 4 heterocycles. The molecule has 0 saturated heterocycles. The number of nitrogens with zero attached hydrogens (tertiary/aromatic N) is 6. The molecule has 9 nitrogen and oxygen atoms in total. The SMILES string of the molecule is CC(F)(c1c(F)cccc1F)c1nc2nc(-c3noc(=O)[nH]3)nc(-c3cncc(Cl)c3)c2n1C[C@H]1CC[C@H](C)CC1. The quantitative estimate of drug-likeness (QED) is 0.252. The molecule has 13 heteroatoms. The fourth-order valence-corrected chi connectivity index (χ4v) is 5.75. The van der Waals surface area contributed by atoms with Gasteiger partial charge in [-0.15, -0.1) is 0 Å². The van der Waals surface area contributed by atoms with E-state index in [2.05, 4.69) is 41.5 Å². The van der Waals surface area contributed by atoms with Crippen molar-refractivity contribution < 1.29 is 17.7 Å². The summed E-state index contributed by atoms with van der Waals surface area (Å²) in [4.78, 5) is 31.9. The van der Waals surface area contributed by atoms with Crippen LogP contribution in [-0.2, 0) is 12.2 Å². The van der Waals surface area contributed by atoms with Crippen LogP contribution in [0.1, 0.15) is 50.9 Å². The Hall–Kier alpha value is -4.06. The van der Waals surface area contributed by atoms with Crippen molar-refractivity contribution in [2.75, 3.05) is 0 Å². The molecule has 0 bridgehead atoms. The van der Waals surface area contributed by atoms with Gasteiger partial charge in [0.1, 0.15) is 22.8 Å². The number of hydrogen-bond donors (Lipinski definition) is 1. The Morgan fingerprint density at radius 2 is 1.85 bits per heavy atom. The van der Waals surface area contributed by atoms with E-state index in [0.717, 1.165) is 44.7 Å². The third-order valence-corrected chi connectivity index (χ3v) is 7.87. The van der Waals surface area contributed by atoms with Gasteiger partial charge in [-0.1, -0.05) is 42.6 Å². The largest absolute Gasteiger partial charge is 0.439 e. The fraction of sp³-hybridized carbons (Fsp3) is 0.357. The van der Waals surface area contributed by atoms with Crippen LogP contribution < -0.4 is 5.76 Å². The van der Waals surface area contributed by atoms with Gasteiger partial charge in [0.05, 0.1) is 10.6 Å². The topological polar surface area (TPSA) is 115 Å². The molecule has 1 aliphatic carbocycles. The summed E-state index contributed by atoms with van der Waals surface area (Å²) >= 11 is 6.26. The molecule has 0 spiro atoms. The number of rotatable bonds is 6. The lowest BCUT2D eigenvalue weighted by Gasteiger charge is -2.29. The smallest absolute Gasteiger partial charge is 0.322 e. The van der Waals surface area contributed by atoms with Crippen molar-refractivity contribution in [2.45, 2.75) is 51.7 Å². The van der Waals surface area contributed by atoms with Gasteiger partial charge in [-0.05, 0) is 49.8 Å². The number of H-pyrrole nitrogens is 1. The number of alkyl halides is 1. The Morgan fingerprint density at radius 1 is 1.12 bits per heavy atom. The maximum atomic E-state index is 16.9. The van der Waals surface area contributed by atoms with E-state index in [9.17, 15) is 13.6 Å².